The van der Waals surface area contributed by atoms with Crippen molar-refractivity contribution in [2.75, 3.05) is 0 Å². The van der Waals surface area contributed by atoms with Gasteiger partial charge in [-0.15, -0.1) is 0 Å². The highest BCUT2D eigenvalue weighted by Gasteiger charge is 2.24. The van der Waals surface area contributed by atoms with Crippen LogP contribution in [0.25, 0.3) is 0 Å². The molecule has 2 heteroatoms. The summed E-state index contributed by atoms with van der Waals surface area (Å²) in [7, 11) is 0. The number of carbonyl (C=O) groups is 1. The molecule has 1 atom stereocenters. The molecule has 0 aromatic heterocycles. The van der Waals surface area contributed by atoms with Crippen molar-refractivity contribution in [2.45, 2.75) is 91.1 Å². The van der Waals surface area contributed by atoms with Gasteiger partial charge in [-0.1, -0.05) is 52.9 Å². The third kappa shape index (κ3) is 5.97. The molecule has 0 spiro atoms. The monoisotopic (exact) mass is 268 g/mol. The molecule has 1 rings (SSSR count). The molecule has 1 fully saturated rings. The van der Waals surface area contributed by atoms with E-state index in [1.54, 1.807) is 0 Å². The minimum atomic E-state index is 0.0797. The van der Waals surface area contributed by atoms with E-state index in [2.05, 4.69) is 20.8 Å². The maximum Gasteiger partial charge on any atom is 0.309 e. The molecule has 1 aliphatic carbocycles. The fourth-order valence-corrected chi connectivity index (χ4v) is 3.06. The summed E-state index contributed by atoms with van der Waals surface area (Å²) in [6.07, 6.45) is 11.6. The Morgan fingerprint density at radius 3 is 2.16 bits per heavy atom. The van der Waals surface area contributed by atoms with Crippen LogP contribution < -0.4 is 0 Å². The van der Waals surface area contributed by atoms with Gasteiger partial charge in [-0.05, 0) is 38.0 Å². The van der Waals surface area contributed by atoms with Gasteiger partial charge in [0.1, 0.15) is 6.10 Å². The summed E-state index contributed by atoms with van der Waals surface area (Å²) in [4.78, 5) is 12.1. The van der Waals surface area contributed by atoms with E-state index in [9.17, 15) is 4.79 Å². The first-order chi connectivity index (χ1) is 9.21. The average Bonchev–Trinajstić information content (AvgIpc) is 2.47. The Morgan fingerprint density at radius 1 is 1.00 bits per heavy atom. The second-order valence-corrected chi connectivity index (χ2v) is 6.06. The van der Waals surface area contributed by atoms with E-state index in [1.165, 1.54) is 38.5 Å². The third-order valence-electron chi connectivity index (χ3n) is 4.73. The molecule has 1 unspecified atom stereocenters. The normalized spacial score (nSPS) is 18.5. The van der Waals surface area contributed by atoms with Crippen LogP contribution in [0.2, 0.25) is 0 Å². The van der Waals surface area contributed by atoms with Gasteiger partial charge in [0.2, 0.25) is 0 Å². The Morgan fingerprint density at radius 2 is 1.63 bits per heavy atom. The fraction of sp³-hybridized carbons (Fsp3) is 0.941. The van der Waals surface area contributed by atoms with Gasteiger partial charge in [0, 0.05) is 0 Å². The SMILES string of the molecule is CCC(CC)CCC(CC)OC(=O)C1CCCCC1. The Kier molecular flexibility index (Phi) is 8.16. The van der Waals surface area contributed by atoms with E-state index in [-0.39, 0.29) is 18.0 Å². The molecule has 0 radical (unpaired) electrons. The molecule has 19 heavy (non-hydrogen) atoms. The summed E-state index contributed by atoms with van der Waals surface area (Å²) in [5.41, 5.74) is 0. The zero-order chi connectivity index (χ0) is 14.1. The van der Waals surface area contributed by atoms with E-state index in [0.29, 0.717) is 0 Å². The second kappa shape index (κ2) is 9.39. The van der Waals surface area contributed by atoms with Crippen molar-refractivity contribution < 1.29 is 9.53 Å². The van der Waals surface area contributed by atoms with Crippen LogP contribution in [0.1, 0.15) is 85.0 Å². The van der Waals surface area contributed by atoms with Crippen LogP contribution in [0.3, 0.4) is 0 Å². The first-order valence-electron chi connectivity index (χ1n) is 8.41. The van der Waals surface area contributed by atoms with Crippen LogP contribution >= 0.6 is 0 Å². The van der Waals surface area contributed by atoms with Crippen molar-refractivity contribution in [3.63, 3.8) is 0 Å². The Balaban J connectivity index is 2.31. The lowest BCUT2D eigenvalue weighted by atomic mass is 9.89. The number of esters is 1. The van der Waals surface area contributed by atoms with Crippen LogP contribution in [0.4, 0.5) is 0 Å². The molecule has 2 nitrogen and oxygen atoms in total. The average molecular weight is 268 g/mol. The molecule has 0 aliphatic heterocycles. The summed E-state index contributed by atoms with van der Waals surface area (Å²) < 4.78 is 5.74. The van der Waals surface area contributed by atoms with Crippen molar-refractivity contribution in [2.24, 2.45) is 11.8 Å². The summed E-state index contributed by atoms with van der Waals surface area (Å²) in [6, 6.07) is 0. The predicted molar refractivity (Wildman–Crippen MR) is 80.1 cm³/mol. The van der Waals surface area contributed by atoms with Gasteiger partial charge < -0.3 is 4.74 Å². The van der Waals surface area contributed by atoms with Gasteiger partial charge in [-0.25, -0.2) is 0 Å². The van der Waals surface area contributed by atoms with Crippen LogP contribution in [-0.2, 0) is 9.53 Å². The zero-order valence-electron chi connectivity index (χ0n) is 13.1. The molecule has 0 N–H and O–H groups in total. The first-order valence-corrected chi connectivity index (χ1v) is 8.41. The molecule has 112 valence electrons. The van der Waals surface area contributed by atoms with E-state index in [1.807, 2.05) is 0 Å². The van der Waals surface area contributed by atoms with Gasteiger partial charge in [-0.3, -0.25) is 4.79 Å². The van der Waals surface area contributed by atoms with Crippen LogP contribution in [0.5, 0.6) is 0 Å². The summed E-state index contributed by atoms with van der Waals surface area (Å²) in [5.74, 6) is 1.06. The molecule has 1 saturated carbocycles. The van der Waals surface area contributed by atoms with E-state index in [4.69, 9.17) is 4.74 Å². The van der Waals surface area contributed by atoms with E-state index >= 15 is 0 Å². The quantitative estimate of drug-likeness (QED) is 0.572. The summed E-state index contributed by atoms with van der Waals surface area (Å²) in [5, 5.41) is 0. The van der Waals surface area contributed by atoms with Gasteiger partial charge >= 0.3 is 5.97 Å². The summed E-state index contributed by atoms with van der Waals surface area (Å²) >= 11 is 0. The van der Waals surface area contributed by atoms with Gasteiger partial charge in [0.05, 0.1) is 5.92 Å². The Labute approximate surface area is 119 Å². The number of ether oxygens (including phenoxy) is 1. The number of rotatable bonds is 8. The highest BCUT2D eigenvalue weighted by atomic mass is 16.5. The van der Waals surface area contributed by atoms with Crippen molar-refractivity contribution >= 4 is 5.97 Å². The molecule has 0 aromatic rings. The molecular formula is C17H32O2. The maximum absolute atomic E-state index is 12.1. The van der Waals surface area contributed by atoms with Crippen LogP contribution in [-0.4, -0.2) is 12.1 Å². The maximum atomic E-state index is 12.1. The van der Waals surface area contributed by atoms with Gasteiger partial charge in [0.15, 0.2) is 0 Å². The molecule has 1 aliphatic rings. The molecule has 0 aromatic carbocycles. The largest absolute Gasteiger partial charge is 0.462 e. The van der Waals surface area contributed by atoms with E-state index < -0.39 is 0 Å². The topological polar surface area (TPSA) is 26.3 Å². The van der Waals surface area contributed by atoms with E-state index in [0.717, 1.165) is 31.6 Å². The fourth-order valence-electron chi connectivity index (χ4n) is 3.06. The Bertz CT molecular complexity index is 240. The Hall–Kier alpha value is -0.530. The predicted octanol–water partition coefficient (Wildman–Crippen LogP) is 5.10. The van der Waals surface area contributed by atoms with Crippen molar-refractivity contribution in [3.05, 3.63) is 0 Å². The second-order valence-electron chi connectivity index (χ2n) is 6.06. The van der Waals surface area contributed by atoms with Crippen LogP contribution in [0, 0.1) is 11.8 Å². The minimum Gasteiger partial charge on any atom is -0.462 e. The smallest absolute Gasteiger partial charge is 0.309 e. The third-order valence-corrected chi connectivity index (χ3v) is 4.73. The lowest BCUT2D eigenvalue weighted by Gasteiger charge is -2.24. The molecular weight excluding hydrogens is 236 g/mol. The first kappa shape index (κ1) is 16.5. The standard InChI is InChI=1S/C17H32O2/c1-4-14(5-2)12-13-16(6-3)19-17(18)15-10-8-7-9-11-15/h14-16H,4-13H2,1-3H3. The lowest BCUT2D eigenvalue weighted by molar-refractivity contribution is -0.155. The molecule has 0 amide bonds. The molecule has 0 heterocycles. The van der Waals surface area contributed by atoms with Crippen molar-refractivity contribution in [1.29, 1.82) is 0 Å². The number of hydrogen-bond acceptors (Lipinski definition) is 2. The minimum absolute atomic E-state index is 0.0797. The molecule has 0 saturated heterocycles. The molecule has 0 bridgehead atoms. The highest BCUT2D eigenvalue weighted by Crippen LogP contribution is 2.26. The van der Waals surface area contributed by atoms with Gasteiger partial charge in [0.25, 0.3) is 0 Å². The van der Waals surface area contributed by atoms with Crippen molar-refractivity contribution in [3.8, 4) is 0 Å². The summed E-state index contributed by atoms with van der Waals surface area (Å²) in [6.45, 7) is 6.64. The zero-order valence-corrected chi connectivity index (χ0v) is 13.1. The van der Waals surface area contributed by atoms with Crippen LogP contribution in [0.15, 0.2) is 0 Å². The number of carbonyl (C=O) groups excluding carboxylic acids is 1. The van der Waals surface area contributed by atoms with Gasteiger partial charge in [-0.2, -0.15) is 0 Å². The van der Waals surface area contributed by atoms with Crippen molar-refractivity contribution in [1.82, 2.24) is 0 Å². The lowest BCUT2D eigenvalue weighted by Crippen LogP contribution is -2.26. The highest BCUT2D eigenvalue weighted by molar-refractivity contribution is 5.72. The number of hydrogen-bond donors (Lipinski definition) is 0.